The number of anilines is 1. The second kappa shape index (κ2) is 6.92. The molecule has 6 heteroatoms. The number of hydrogen-bond donors (Lipinski definition) is 2. The van der Waals surface area contributed by atoms with E-state index in [9.17, 15) is 4.79 Å². The van der Waals surface area contributed by atoms with Gasteiger partial charge in [0.1, 0.15) is 11.4 Å². The molecule has 1 unspecified atom stereocenters. The van der Waals surface area contributed by atoms with Gasteiger partial charge in [-0.25, -0.2) is 4.79 Å². The minimum Gasteiger partial charge on any atom is -0.487 e. The molecule has 0 radical (unpaired) electrons. The van der Waals surface area contributed by atoms with Crippen LogP contribution in [-0.4, -0.2) is 16.6 Å². The first-order valence-electron chi connectivity index (χ1n) is 9.93. The molecule has 1 aliphatic carbocycles. The first-order valence-corrected chi connectivity index (χ1v) is 10.3. The molecule has 5 nitrogen and oxygen atoms in total. The maximum Gasteiger partial charge on any atom is 0.319 e. The molecular weight excluding hydrogens is 386 g/mol. The van der Waals surface area contributed by atoms with Gasteiger partial charge in [0.05, 0.1) is 11.7 Å². The zero-order chi connectivity index (χ0) is 20.0. The van der Waals surface area contributed by atoms with E-state index in [-0.39, 0.29) is 17.7 Å². The van der Waals surface area contributed by atoms with Crippen LogP contribution in [0.2, 0.25) is 5.02 Å². The monoisotopic (exact) mass is 407 g/mol. The Morgan fingerprint density at radius 3 is 2.86 bits per heavy atom. The SMILES string of the molecule is Cc1nccc2c(NC(=O)NC3CC4(CCC4)Oc4ccc(Cl)cc43)cccc12. The van der Waals surface area contributed by atoms with Gasteiger partial charge in [-0.3, -0.25) is 4.98 Å². The lowest BCUT2D eigenvalue weighted by Crippen LogP contribution is -2.50. The highest BCUT2D eigenvalue weighted by atomic mass is 35.5. The summed E-state index contributed by atoms with van der Waals surface area (Å²) in [6, 6.07) is 13.0. The number of halogens is 1. The lowest BCUT2D eigenvalue weighted by atomic mass is 9.73. The van der Waals surface area contributed by atoms with Crippen LogP contribution in [-0.2, 0) is 0 Å². The van der Waals surface area contributed by atoms with Crippen molar-refractivity contribution in [2.24, 2.45) is 0 Å². The second-order valence-electron chi connectivity index (χ2n) is 7.97. The van der Waals surface area contributed by atoms with Gasteiger partial charge in [0, 0.05) is 39.7 Å². The number of nitrogens with zero attached hydrogens (tertiary/aromatic N) is 1. The topological polar surface area (TPSA) is 63.2 Å². The smallest absolute Gasteiger partial charge is 0.319 e. The van der Waals surface area contributed by atoms with Gasteiger partial charge in [-0.15, -0.1) is 0 Å². The average Bonchev–Trinajstić information content (AvgIpc) is 2.68. The first-order chi connectivity index (χ1) is 14.0. The molecule has 2 heterocycles. The van der Waals surface area contributed by atoms with Crippen LogP contribution >= 0.6 is 11.6 Å². The van der Waals surface area contributed by atoms with Crippen LogP contribution in [0.15, 0.2) is 48.7 Å². The fourth-order valence-electron chi connectivity index (χ4n) is 4.43. The number of urea groups is 1. The van der Waals surface area contributed by atoms with E-state index >= 15 is 0 Å². The Morgan fingerprint density at radius 1 is 1.21 bits per heavy atom. The molecule has 148 valence electrons. The number of amides is 2. The molecule has 29 heavy (non-hydrogen) atoms. The molecule has 3 aromatic rings. The van der Waals surface area contributed by atoms with E-state index in [1.807, 2.05) is 49.4 Å². The van der Waals surface area contributed by atoms with Gasteiger partial charge in [0.15, 0.2) is 0 Å². The van der Waals surface area contributed by atoms with E-state index in [1.54, 1.807) is 6.20 Å². The number of nitrogens with one attached hydrogen (secondary N) is 2. The molecule has 0 saturated heterocycles. The van der Waals surface area contributed by atoms with Crippen LogP contribution in [0.1, 0.15) is 43.0 Å². The van der Waals surface area contributed by atoms with Gasteiger partial charge in [-0.2, -0.15) is 0 Å². The summed E-state index contributed by atoms with van der Waals surface area (Å²) >= 11 is 6.22. The summed E-state index contributed by atoms with van der Waals surface area (Å²) < 4.78 is 6.27. The number of ether oxygens (including phenoxy) is 1. The molecule has 1 fully saturated rings. The van der Waals surface area contributed by atoms with E-state index in [0.717, 1.165) is 59.2 Å². The fraction of sp³-hybridized carbons (Fsp3) is 0.304. The third kappa shape index (κ3) is 3.29. The number of carbonyl (C=O) groups is 1. The van der Waals surface area contributed by atoms with E-state index < -0.39 is 0 Å². The molecular formula is C23H22ClN3O2. The van der Waals surface area contributed by atoms with Gasteiger partial charge >= 0.3 is 6.03 Å². The van der Waals surface area contributed by atoms with Crippen molar-refractivity contribution < 1.29 is 9.53 Å². The second-order valence-corrected chi connectivity index (χ2v) is 8.41. The highest BCUT2D eigenvalue weighted by molar-refractivity contribution is 6.30. The Morgan fingerprint density at radius 2 is 2.07 bits per heavy atom. The van der Waals surface area contributed by atoms with Crippen LogP contribution in [0, 0.1) is 6.92 Å². The van der Waals surface area contributed by atoms with Crippen molar-refractivity contribution in [1.82, 2.24) is 10.3 Å². The van der Waals surface area contributed by atoms with E-state index in [0.29, 0.717) is 5.02 Å². The number of carbonyl (C=O) groups excluding carboxylic acids is 1. The molecule has 1 aromatic heterocycles. The molecule has 1 saturated carbocycles. The summed E-state index contributed by atoms with van der Waals surface area (Å²) in [6.45, 7) is 1.97. The Bertz CT molecular complexity index is 1110. The third-order valence-corrected chi connectivity index (χ3v) is 6.31. The zero-order valence-corrected chi connectivity index (χ0v) is 16.9. The molecule has 5 rings (SSSR count). The zero-order valence-electron chi connectivity index (χ0n) is 16.2. The molecule has 2 aromatic carbocycles. The van der Waals surface area contributed by atoms with Crippen molar-refractivity contribution in [2.45, 2.75) is 44.2 Å². The van der Waals surface area contributed by atoms with Gasteiger partial charge in [-0.1, -0.05) is 23.7 Å². The molecule has 2 N–H and O–H groups in total. The van der Waals surface area contributed by atoms with Crippen LogP contribution in [0.3, 0.4) is 0 Å². The summed E-state index contributed by atoms with van der Waals surface area (Å²) in [5.41, 5.74) is 2.47. The normalized spacial score (nSPS) is 19.2. The summed E-state index contributed by atoms with van der Waals surface area (Å²) in [5.74, 6) is 0.817. The Hall–Kier alpha value is -2.79. The van der Waals surface area contributed by atoms with Gasteiger partial charge < -0.3 is 15.4 Å². The minimum absolute atomic E-state index is 0.142. The number of aryl methyl sites for hydroxylation is 1. The number of fused-ring (bicyclic) bond motifs is 2. The highest BCUT2D eigenvalue weighted by Crippen LogP contribution is 2.49. The molecule has 1 aliphatic heterocycles. The number of rotatable bonds is 2. The lowest BCUT2D eigenvalue weighted by Gasteiger charge is -2.48. The van der Waals surface area contributed by atoms with Gasteiger partial charge in [0.25, 0.3) is 0 Å². The van der Waals surface area contributed by atoms with E-state index in [4.69, 9.17) is 16.3 Å². The van der Waals surface area contributed by atoms with Crippen LogP contribution < -0.4 is 15.4 Å². The molecule has 2 amide bonds. The van der Waals surface area contributed by atoms with Crippen molar-refractivity contribution in [1.29, 1.82) is 0 Å². The number of benzene rings is 2. The van der Waals surface area contributed by atoms with Crippen molar-refractivity contribution in [3.05, 3.63) is 64.9 Å². The Labute approximate surface area is 174 Å². The highest BCUT2D eigenvalue weighted by Gasteiger charge is 2.46. The van der Waals surface area contributed by atoms with Crippen LogP contribution in [0.5, 0.6) is 5.75 Å². The van der Waals surface area contributed by atoms with E-state index in [1.165, 1.54) is 0 Å². The number of pyridine rings is 1. The summed E-state index contributed by atoms with van der Waals surface area (Å²) in [7, 11) is 0. The van der Waals surface area contributed by atoms with Gasteiger partial charge in [-0.05, 0) is 56.5 Å². The predicted octanol–water partition coefficient (Wildman–Crippen LogP) is 5.76. The summed E-state index contributed by atoms with van der Waals surface area (Å²) in [4.78, 5) is 17.2. The summed E-state index contributed by atoms with van der Waals surface area (Å²) in [6.07, 6.45) is 5.71. The minimum atomic E-state index is -0.237. The maximum absolute atomic E-state index is 12.9. The van der Waals surface area contributed by atoms with Crippen molar-refractivity contribution in [2.75, 3.05) is 5.32 Å². The number of aromatic nitrogens is 1. The largest absolute Gasteiger partial charge is 0.487 e. The van der Waals surface area contributed by atoms with Gasteiger partial charge in [0.2, 0.25) is 0 Å². The maximum atomic E-state index is 12.9. The molecule has 2 aliphatic rings. The molecule has 0 bridgehead atoms. The van der Waals surface area contributed by atoms with Crippen LogP contribution in [0.4, 0.5) is 10.5 Å². The molecule has 1 atom stereocenters. The molecule has 1 spiro atoms. The lowest BCUT2D eigenvalue weighted by molar-refractivity contribution is -0.0354. The van der Waals surface area contributed by atoms with Crippen molar-refractivity contribution in [3.63, 3.8) is 0 Å². The predicted molar refractivity (Wildman–Crippen MR) is 115 cm³/mol. The summed E-state index contributed by atoms with van der Waals surface area (Å²) in [5, 5.41) is 8.81. The third-order valence-electron chi connectivity index (χ3n) is 6.07. The van der Waals surface area contributed by atoms with Crippen molar-refractivity contribution >= 4 is 34.1 Å². The Balaban J connectivity index is 1.41. The van der Waals surface area contributed by atoms with Crippen LogP contribution in [0.25, 0.3) is 10.8 Å². The Kier molecular flexibility index (Phi) is 4.36. The first kappa shape index (κ1) is 18.3. The number of hydrogen-bond acceptors (Lipinski definition) is 3. The fourth-order valence-corrected chi connectivity index (χ4v) is 4.61. The average molecular weight is 408 g/mol. The van der Waals surface area contributed by atoms with E-state index in [2.05, 4.69) is 15.6 Å². The standard InChI is InChI=1S/C23H22ClN3O2/c1-14-16-4-2-5-19(17(16)8-11-25-14)26-22(28)27-20-13-23(9-3-10-23)29-21-7-6-15(24)12-18(20)21/h2,4-8,11-12,20H,3,9-10,13H2,1H3,(H2,26,27,28). The van der Waals surface area contributed by atoms with Crippen molar-refractivity contribution in [3.8, 4) is 5.75 Å². The quantitative estimate of drug-likeness (QED) is 0.567.